The number of halogens is 1. The van der Waals surface area contributed by atoms with Gasteiger partial charge < -0.3 is 10.2 Å². The molecule has 0 bridgehead atoms. The number of nitrogens with one attached hydrogen (secondary N) is 2. The summed E-state index contributed by atoms with van der Waals surface area (Å²) >= 11 is 1.64. The molecular formula is C20H26FN2OS+. The number of rotatable bonds is 4. The number of likely N-dealkylation sites (tertiary alicyclic amines) is 1. The number of aryl methyl sites for hydroxylation is 1. The molecule has 2 atom stereocenters. The summed E-state index contributed by atoms with van der Waals surface area (Å²) in [5.41, 5.74) is 3.01. The smallest absolute Gasteiger partial charge is 0.256 e. The molecule has 25 heavy (non-hydrogen) atoms. The Morgan fingerprint density at radius 2 is 2.00 bits per heavy atom. The van der Waals surface area contributed by atoms with Crippen molar-refractivity contribution in [3.05, 3.63) is 51.7 Å². The van der Waals surface area contributed by atoms with E-state index in [1.165, 1.54) is 66.1 Å². The third-order valence-electron chi connectivity index (χ3n) is 5.33. The number of benzene rings is 1. The van der Waals surface area contributed by atoms with Crippen molar-refractivity contribution in [1.29, 1.82) is 0 Å². The molecule has 3 rings (SSSR count). The maximum Gasteiger partial charge on any atom is 0.256 e. The van der Waals surface area contributed by atoms with E-state index in [1.54, 1.807) is 16.2 Å². The number of quaternary nitrogens is 1. The molecule has 0 radical (unpaired) electrons. The summed E-state index contributed by atoms with van der Waals surface area (Å²) in [6, 6.07) is 6.35. The van der Waals surface area contributed by atoms with Crippen LogP contribution in [0.2, 0.25) is 0 Å². The Morgan fingerprint density at radius 3 is 2.68 bits per heavy atom. The summed E-state index contributed by atoms with van der Waals surface area (Å²) in [6.45, 7) is 8.71. The molecule has 134 valence electrons. The molecular weight excluding hydrogens is 335 g/mol. The standard InChI is InChI=1S/C20H25FN2OS/c1-13-6-4-5-11-23(13)12-18-14(2)15(3)25-20(18)22-19(24)16-7-9-17(21)10-8-16/h7-10,13H,4-6,11-12H2,1-3H3,(H,22,24)/p+1. The van der Waals surface area contributed by atoms with Crippen LogP contribution in [0.5, 0.6) is 0 Å². The highest BCUT2D eigenvalue weighted by atomic mass is 32.1. The second kappa shape index (κ2) is 7.67. The first-order chi connectivity index (χ1) is 12.0. The fourth-order valence-electron chi connectivity index (χ4n) is 3.51. The van der Waals surface area contributed by atoms with E-state index in [0.29, 0.717) is 11.6 Å². The Morgan fingerprint density at radius 1 is 1.28 bits per heavy atom. The van der Waals surface area contributed by atoms with Gasteiger partial charge in [-0.05, 0) is 69.9 Å². The van der Waals surface area contributed by atoms with Gasteiger partial charge in [0, 0.05) is 16.0 Å². The van der Waals surface area contributed by atoms with Gasteiger partial charge in [0.15, 0.2) is 0 Å². The first-order valence-electron chi connectivity index (χ1n) is 8.96. The molecule has 3 nitrogen and oxygen atoms in total. The molecule has 1 fully saturated rings. The van der Waals surface area contributed by atoms with Crippen LogP contribution in [0.15, 0.2) is 24.3 Å². The predicted molar refractivity (Wildman–Crippen MR) is 101 cm³/mol. The maximum atomic E-state index is 13.1. The monoisotopic (exact) mass is 361 g/mol. The highest BCUT2D eigenvalue weighted by molar-refractivity contribution is 7.16. The lowest BCUT2D eigenvalue weighted by Gasteiger charge is -2.30. The van der Waals surface area contributed by atoms with Gasteiger partial charge in [-0.1, -0.05) is 0 Å². The number of carbonyl (C=O) groups is 1. The van der Waals surface area contributed by atoms with Crippen LogP contribution < -0.4 is 10.2 Å². The van der Waals surface area contributed by atoms with Gasteiger partial charge >= 0.3 is 0 Å². The first-order valence-corrected chi connectivity index (χ1v) is 9.77. The van der Waals surface area contributed by atoms with Crippen molar-refractivity contribution in [2.45, 2.75) is 52.6 Å². The van der Waals surface area contributed by atoms with Crippen LogP contribution in [0, 0.1) is 19.7 Å². The number of amides is 1. The molecule has 2 unspecified atom stereocenters. The molecule has 0 spiro atoms. The van der Waals surface area contributed by atoms with E-state index in [-0.39, 0.29) is 11.7 Å². The Balaban J connectivity index is 1.80. The van der Waals surface area contributed by atoms with Gasteiger partial charge in [0.1, 0.15) is 17.4 Å². The summed E-state index contributed by atoms with van der Waals surface area (Å²) in [5, 5.41) is 4.00. The van der Waals surface area contributed by atoms with Crippen LogP contribution in [0.3, 0.4) is 0 Å². The maximum absolute atomic E-state index is 13.1. The summed E-state index contributed by atoms with van der Waals surface area (Å²) in [6.07, 6.45) is 3.87. The number of hydrogen-bond donors (Lipinski definition) is 2. The normalized spacial score (nSPS) is 20.5. The van der Waals surface area contributed by atoms with Crippen LogP contribution in [0.25, 0.3) is 0 Å². The molecule has 1 amide bonds. The van der Waals surface area contributed by atoms with Crippen molar-refractivity contribution in [3.63, 3.8) is 0 Å². The minimum atomic E-state index is -0.331. The van der Waals surface area contributed by atoms with E-state index < -0.39 is 0 Å². The third-order valence-corrected chi connectivity index (χ3v) is 6.49. The minimum Gasteiger partial charge on any atom is -0.329 e. The fourth-order valence-corrected chi connectivity index (χ4v) is 4.58. The summed E-state index contributed by atoms with van der Waals surface area (Å²) in [5.74, 6) is -0.507. The van der Waals surface area contributed by atoms with Crippen molar-refractivity contribution in [2.24, 2.45) is 0 Å². The van der Waals surface area contributed by atoms with E-state index in [9.17, 15) is 9.18 Å². The van der Waals surface area contributed by atoms with Gasteiger partial charge in [-0.2, -0.15) is 0 Å². The van der Waals surface area contributed by atoms with Crippen LogP contribution >= 0.6 is 11.3 Å². The first kappa shape index (κ1) is 18.1. The van der Waals surface area contributed by atoms with E-state index in [1.807, 2.05) is 0 Å². The molecule has 1 saturated heterocycles. The van der Waals surface area contributed by atoms with E-state index in [2.05, 4.69) is 26.1 Å². The highest BCUT2D eigenvalue weighted by Gasteiger charge is 2.25. The van der Waals surface area contributed by atoms with Crippen molar-refractivity contribution in [2.75, 3.05) is 11.9 Å². The van der Waals surface area contributed by atoms with Crippen LogP contribution in [0.4, 0.5) is 9.39 Å². The van der Waals surface area contributed by atoms with Crippen LogP contribution in [-0.2, 0) is 6.54 Å². The van der Waals surface area contributed by atoms with Crippen molar-refractivity contribution in [1.82, 2.24) is 0 Å². The Kier molecular flexibility index (Phi) is 5.54. The zero-order valence-corrected chi connectivity index (χ0v) is 15.9. The summed E-state index contributed by atoms with van der Waals surface area (Å²) in [4.78, 5) is 15.4. The van der Waals surface area contributed by atoms with Crippen molar-refractivity contribution in [3.8, 4) is 0 Å². The van der Waals surface area contributed by atoms with Crippen LogP contribution in [0.1, 0.15) is 52.5 Å². The molecule has 0 saturated carbocycles. The van der Waals surface area contributed by atoms with Gasteiger partial charge in [-0.15, -0.1) is 11.3 Å². The molecule has 1 aliphatic rings. The van der Waals surface area contributed by atoms with Crippen LogP contribution in [-0.4, -0.2) is 18.5 Å². The van der Waals surface area contributed by atoms with Gasteiger partial charge in [-0.3, -0.25) is 4.79 Å². The lowest BCUT2D eigenvalue weighted by atomic mass is 10.0. The topological polar surface area (TPSA) is 33.5 Å². The quantitative estimate of drug-likeness (QED) is 0.855. The molecule has 2 N–H and O–H groups in total. The molecule has 1 aromatic heterocycles. The van der Waals surface area contributed by atoms with Gasteiger partial charge in [0.25, 0.3) is 5.91 Å². The van der Waals surface area contributed by atoms with Gasteiger partial charge in [0.2, 0.25) is 0 Å². The second-order valence-electron chi connectivity index (χ2n) is 7.03. The SMILES string of the molecule is Cc1sc(NC(=O)c2ccc(F)cc2)c(C[NH+]2CCCCC2C)c1C. The lowest BCUT2D eigenvalue weighted by molar-refractivity contribution is -0.941. The minimum absolute atomic E-state index is 0.177. The Hall–Kier alpha value is -1.72. The number of thiophene rings is 1. The Labute approximate surface area is 152 Å². The summed E-state index contributed by atoms with van der Waals surface area (Å²) in [7, 11) is 0. The number of carbonyl (C=O) groups excluding carboxylic acids is 1. The zero-order valence-electron chi connectivity index (χ0n) is 15.1. The van der Waals surface area contributed by atoms with Crippen molar-refractivity contribution >= 4 is 22.2 Å². The van der Waals surface area contributed by atoms with E-state index in [0.717, 1.165) is 11.5 Å². The number of anilines is 1. The highest BCUT2D eigenvalue weighted by Crippen LogP contribution is 2.32. The molecule has 0 aliphatic carbocycles. The second-order valence-corrected chi connectivity index (χ2v) is 8.26. The largest absolute Gasteiger partial charge is 0.329 e. The summed E-state index contributed by atoms with van der Waals surface area (Å²) < 4.78 is 13.1. The van der Waals surface area contributed by atoms with E-state index >= 15 is 0 Å². The molecule has 2 aromatic rings. The molecule has 2 heterocycles. The molecule has 1 aliphatic heterocycles. The number of piperidine rings is 1. The lowest BCUT2D eigenvalue weighted by Crippen LogP contribution is -3.14. The van der Waals surface area contributed by atoms with Gasteiger partial charge in [-0.25, -0.2) is 4.39 Å². The Bertz CT molecular complexity index is 754. The zero-order chi connectivity index (χ0) is 18.0. The third kappa shape index (κ3) is 4.10. The average molecular weight is 362 g/mol. The fraction of sp³-hybridized carbons (Fsp3) is 0.450. The molecule has 1 aromatic carbocycles. The number of hydrogen-bond acceptors (Lipinski definition) is 2. The van der Waals surface area contributed by atoms with E-state index in [4.69, 9.17) is 0 Å². The predicted octanol–water partition coefficient (Wildman–Crippen LogP) is 3.71. The molecule has 5 heteroatoms. The van der Waals surface area contributed by atoms with Crippen molar-refractivity contribution < 1.29 is 14.1 Å². The average Bonchev–Trinajstić information content (AvgIpc) is 2.85. The van der Waals surface area contributed by atoms with Gasteiger partial charge in [0.05, 0.1) is 12.6 Å².